The number of aliphatic carboxylic acids is 1. The third-order valence-corrected chi connectivity index (χ3v) is 8.93. The number of carboxylic acid groups (broad SMARTS) is 1. The Morgan fingerprint density at radius 1 is 1.05 bits per heavy atom. The van der Waals surface area contributed by atoms with Crippen LogP contribution in [0.4, 0.5) is 0 Å². The standard InChI is InChI=1S/C32H33ClN4O3S/c1-17-13-24-29(27(19-7-10-21(33)11-8-19)26(17)28(31(38)39)40-32(3,4)5)41-30(35-24)20-9-12-23-25(14-20)37(18(2)34-23)22-15-36(6)16-22/h7-14,22,28H,15-16H2,1-6H3,(H,38,39). The van der Waals surface area contributed by atoms with Gasteiger partial charge in [0.15, 0.2) is 6.10 Å². The highest BCUT2D eigenvalue weighted by Gasteiger charge is 2.33. The lowest BCUT2D eigenvalue weighted by Crippen LogP contribution is -2.45. The molecule has 212 valence electrons. The van der Waals surface area contributed by atoms with E-state index in [2.05, 4.69) is 41.6 Å². The van der Waals surface area contributed by atoms with Gasteiger partial charge >= 0.3 is 5.97 Å². The van der Waals surface area contributed by atoms with Gasteiger partial charge in [-0.2, -0.15) is 0 Å². The normalized spacial score (nSPS) is 15.5. The van der Waals surface area contributed by atoms with Gasteiger partial charge < -0.3 is 19.3 Å². The molecule has 1 N–H and O–H groups in total. The number of aromatic nitrogens is 3. The molecule has 41 heavy (non-hydrogen) atoms. The van der Waals surface area contributed by atoms with Gasteiger partial charge in [-0.1, -0.05) is 23.7 Å². The van der Waals surface area contributed by atoms with E-state index >= 15 is 0 Å². The van der Waals surface area contributed by atoms with Crippen LogP contribution in [0.5, 0.6) is 0 Å². The molecule has 7 nitrogen and oxygen atoms in total. The highest BCUT2D eigenvalue weighted by molar-refractivity contribution is 7.22. The number of carboxylic acids is 1. The van der Waals surface area contributed by atoms with E-state index < -0.39 is 17.7 Å². The number of halogens is 1. The summed E-state index contributed by atoms with van der Waals surface area (Å²) in [5.74, 6) is -0.0125. The van der Waals surface area contributed by atoms with Crippen LogP contribution >= 0.6 is 22.9 Å². The molecular weight excluding hydrogens is 556 g/mol. The van der Waals surface area contributed by atoms with E-state index in [1.54, 1.807) is 11.3 Å². The van der Waals surface area contributed by atoms with Crippen molar-refractivity contribution >= 4 is 50.2 Å². The summed E-state index contributed by atoms with van der Waals surface area (Å²) in [7, 11) is 2.13. The van der Waals surface area contributed by atoms with Crippen LogP contribution in [-0.2, 0) is 9.53 Å². The first-order chi connectivity index (χ1) is 19.4. The van der Waals surface area contributed by atoms with Crippen molar-refractivity contribution in [2.24, 2.45) is 0 Å². The molecule has 0 saturated carbocycles. The fourth-order valence-electron chi connectivity index (χ4n) is 5.80. The van der Waals surface area contributed by atoms with Gasteiger partial charge in [0, 0.05) is 34.8 Å². The number of ether oxygens (including phenoxy) is 1. The number of rotatable bonds is 6. The molecule has 2 aromatic heterocycles. The summed E-state index contributed by atoms with van der Waals surface area (Å²) >= 11 is 7.81. The quantitative estimate of drug-likeness (QED) is 0.219. The maximum absolute atomic E-state index is 12.6. The largest absolute Gasteiger partial charge is 0.479 e. The maximum atomic E-state index is 12.6. The molecule has 0 amide bonds. The van der Waals surface area contributed by atoms with Crippen LogP contribution in [0.15, 0.2) is 48.5 Å². The first-order valence-electron chi connectivity index (χ1n) is 13.7. The minimum atomic E-state index is -1.15. The topological polar surface area (TPSA) is 80.5 Å². The SMILES string of the molecule is Cc1cc2nc(-c3ccc4nc(C)n(C5CN(C)C5)c4c3)sc2c(-c2ccc(Cl)cc2)c1C(OC(C)(C)C)C(=O)O. The zero-order valence-corrected chi connectivity index (χ0v) is 25.6. The summed E-state index contributed by atoms with van der Waals surface area (Å²) in [5.41, 5.74) is 6.39. The second-order valence-electron chi connectivity index (χ2n) is 11.9. The van der Waals surface area contributed by atoms with Gasteiger partial charge in [-0.05, 0) is 89.2 Å². The Kier molecular flexibility index (Phi) is 6.93. The Morgan fingerprint density at radius 3 is 2.37 bits per heavy atom. The van der Waals surface area contributed by atoms with Crippen LogP contribution in [0.1, 0.15) is 49.9 Å². The van der Waals surface area contributed by atoms with Crippen molar-refractivity contribution < 1.29 is 14.6 Å². The number of hydrogen-bond acceptors (Lipinski definition) is 6. The van der Waals surface area contributed by atoms with E-state index in [4.69, 9.17) is 26.3 Å². The minimum absolute atomic E-state index is 0.410. The van der Waals surface area contributed by atoms with Crippen LogP contribution in [0, 0.1) is 13.8 Å². The Bertz CT molecular complexity index is 1800. The number of fused-ring (bicyclic) bond motifs is 2. The maximum Gasteiger partial charge on any atom is 0.337 e. The lowest BCUT2D eigenvalue weighted by molar-refractivity contribution is -0.160. The summed E-state index contributed by atoms with van der Waals surface area (Å²) in [6, 6.07) is 16.2. The number of likely N-dealkylation sites (N-methyl/N-ethyl adjacent to an activating group) is 1. The zero-order chi connectivity index (χ0) is 29.2. The summed E-state index contributed by atoms with van der Waals surface area (Å²) in [6.45, 7) is 11.6. The summed E-state index contributed by atoms with van der Waals surface area (Å²) in [5, 5.41) is 11.8. The van der Waals surface area contributed by atoms with Gasteiger partial charge in [0.2, 0.25) is 0 Å². The van der Waals surface area contributed by atoms with Gasteiger partial charge in [-0.25, -0.2) is 14.8 Å². The second kappa shape index (κ2) is 10.2. The Hall–Kier alpha value is -3.30. The molecular formula is C32H33ClN4O3S. The van der Waals surface area contributed by atoms with Crippen LogP contribution < -0.4 is 0 Å². The Balaban J connectivity index is 1.56. The fourth-order valence-corrected chi connectivity index (χ4v) is 7.05. The number of nitrogens with zero attached hydrogens (tertiary/aromatic N) is 4. The molecule has 1 aliphatic rings. The van der Waals surface area contributed by atoms with E-state index in [1.807, 2.05) is 58.0 Å². The molecule has 6 rings (SSSR count). The van der Waals surface area contributed by atoms with E-state index in [9.17, 15) is 9.90 Å². The van der Waals surface area contributed by atoms with E-state index in [0.29, 0.717) is 16.6 Å². The molecule has 3 heterocycles. The van der Waals surface area contributed by atoms with Crippen molar-refractivity contribution in [2.45, 2.75) is 52.4 Å². The summed E-state index contributed by atoms with van der Waals surface area (Å²) < 4.78 is 9.40. The molecule has 0 aliphatic carbocycles. The van der Waals surface area contributed by atoms with Crippen molar-refractivity contribution in [2.75, 3.05) is 20.1 Å². The molecule has 1 fully saturated rings. The molecule has 1 atom stereocenters. The smallest absolute Gasteiger partial charge is 0.337 e. The van der Waals surface area contributed by atoms with Gasteiger partial charge in [-0.15, -0.1) is 11.3 Å². The highest BCUT2D eigenvalue weighted by atomic mass is 35.5. The minimum Gasteiger partial charge on any atom is -0.479 e. The average Bonchev–Trinajstić information content (AvgIpc) is 3.44. The van der Waals surface area contributed by atoms with E-state index in [0.717, 1.165) is 67.4 Å². The Morgan fingerprint density at radius 2 is 1.73 bits per heavy atom. The molecule has 0 spiro atoms. The number of aryl methyl sites for hydroxylation is 2. The molecule has 1 saturated heterocycles. The summed E-state index contributed by atoms with van der Waals surface area (Å²) in [4.78, 5) is 24.8. The monoisotopic (exact) mass is 588 g/mol. The lowest BCUT2D eigenvalue weighted by atomic mass is 9.91. The summed E-state index contributed by atoms with van der Waals surface area (Å²) in [6.07, 6.45) is -1.15. The molecule has 0 radical (unpaired) electrons. The van der Waals surface area contributed by atoms with Crippen molar-refractivity contribution in [3.8, 4) is 21.7 Å². The zero-order valence-electron chi connectivity index (χ0n) is 24.0. The van der Waals surface area contributed by atoms with Gasteiger partial charge in [0.1, 0.15) is 10.8 Å². The molecule has 9 heteroatoms. The number of benzene rings is 3. The van der Waals surface area contributed by atoms with Gasteiger partial charge in [-0.3, -0.25) is 0 Å². The molecule has 1 unspecified atom stereocenters. The van der Waals surface area contributed by atoms with Crippen molar-refractivity contribution in [1.82, 2.24) is 19.4 Å². The first kappa shape index (κ1) is 27.8. The van der Waals surface area contributed by atoms with Crippen LogP contribution in [0.2, 0.25) is 5.02 Å². The molecule has 3 aromatic carbocycles. The van der Waals surface area contributed by atoms with Crippen LogP contribution in [0.25, 0.3) is 42.9 Å². The molecule has 1 aliphatic heterocycles. The van der Waals surface area contributed by atoms with Crippen molar-refractivity contribution in [1.29, 1.82) is 0 Å². The average molecular weight is 589 g/mol. The predicted octanol–water partition coefficient (Wildman–Crippen LogP) is 7.68. The van der Waals surface area contributed by atoms with E-state index in [-0.39, 0.29) is 0 Å². The Labute approximate surface area is 248 Å². The number of thiazole rings is 1. The number of carbonyl (C=O) groups is 1. The van der Waals surface area contributed by atoms with Crippen LogP contribution in [0.3, 0.4) is 0 Å². The third-order valence-electron chi connectivity index (χ3n) is 7.54. The van der Waals surface area contributed by atoms with Crippen molar-refractivity contribution in [3.05, 3.63) is 70.5 Å². The lowest BCUT2D eigenvalue weighted by Gasteiger charge is -2.38. The van der Waals surface area contributed by atoms with Gasteiger partial charge in [0.05, 0.1) is 32.9 Å². The van der Waals surface area contributed by atoms with Crippen molar-refractivity contribution in [3.63, 3.8) is 0 Å². The number of imidazole rings is 1. The molecule has 0 bridgehead atoms. The van der Waals surface area contributed by atoms with E-state index in [1.165, 1.54) is 0 Å². The fraction of sp³-hybridized carbons (Fsp3) is 0.344. The number of hydrogen-bond donors (Lipinski definition) is 1. The first-order valence-corrected chi connectivity index (χ1v) is 14.9. The number of likely N-dealkylation sites (tertiary alicyclic amines) is 1. The second-order valence-corrected chi connectivity index (χ2v) is 13.3. The van der Waals surface area contributed by atoms with Gasteiger partial charge in [0.25, 0.3) is 0 Å². The molecule has 5 aromatic rings. The predicted molar refractivity (Wildman–Crippen MR) is 166 cm³/mol. The third kappa shape index (κ3) is 5.14. The highest BCUT2D eigenvalue weighted by Crippen LogP contribution is 2.44. The van der Waals surface area contributed by atoms with Crippen LogP contribution in [-0.4, -0.2) is 56.2 Å².